The molecule has 12 heavy (non-hydrogen) atoms. The third kappa shape index (κ3) is 5.88. The Morgan fingerprint density at radius 3 is 2.83 bits per heavy atom. The van der Waals surface area contributed by atoms with Crippen molar-refractivity contribution in [3.63, 3.8) is 0 Å². The SMILES string of the molecule is C=C(C)C(=O)OC=CCCO[SiH3]. The van der Waals surface area contributed by atoms with E-state index in [9.17, 15) is 4.79 Å². The van der Waals surface area contributed by atoms with Gasteiger partial charge in [0.1, 0.15) is 10.5 Å². The van der Waals surface area contributed by atoms with E-state index >= 15 is 0 Å². The highest BCUT2D eigenvalue weighted by atomic mass is 28.2. The van der Waals surface area contributed by atoms with Gasteiger partial charge in [0.25, 0.3) is 0 Å². The maximum absolute atomic E-state index is 10.8. The summed E-state index contributed by atoms with van der Waals surface area (Å²) >= 11 is 0. The Labute approximate surface area is 75.6 Å². The van der Waals surface area contributed by atoms with Crippen LogP contribution in [0.2, 0.25) is 0 Å². The highest BCUT2D eigenvalue weighted by molar-refractivity contribution is 5.97. The van der Waals surface area contributed by atoms with Crippen molar-refractivity contribution in [2.75, 3.05) is 6.61 Å². The smallest absolute Gasteiger partial charge is 0.337 e. The second kappa shape index (κ2) is 6.81. The lowest BCUT2D eigenvalue weighted by Gasteiger charge is -1.96. The number of hydrogen-bond acceptors (Lipinski definition) is 3. The Morgan fingerprint density at radius 1 is 1.67 bits per heavy atom. The second-order valence-corrected chi connectivity index (χ2v) is 2.92. The Kier molecular flexibility index (Phi) is 6.32. The molecule has 0 fully saturated rings. The van der Waals surface area contributed by atoms with Gasteiger partial charge in [-0.05, 0) is 19.4 Å². The standard InChI is InChI=1S/C8H14O3Si/c1-7(2)8(9)10-5-3-4-6-11-12/h3,5H,1,4,6H2,2,12H3. The highest BCUT2D eigenvalue weighted by Crippen LogP contribution is 1.93. The third-order valence-electron chi connectivity index (χ3n) is 1.11. The van der Waals surface area contributed by atoms with Crippen LogP contribution in [0.4, 0.5) is 0 Å². The van der Waals surface area contributed by atoms with Crippen LogP contribution in [0.5, 0.6) is 0 Å². The lowest BCUT2D eigenvalue weighted by molar-refractivity contribution is -0.133. The Balaban J connectivity index is 3.47. The van der Waals surface area contributed by atoms with Crippen molar-refractivity contribution in [3.8, 4) is 0 Å². The van der Waals surface area contributed by atoms with E-state index in [0.29, 0.717) is 12.2 Å². The molecular formula is C8H14O3Si. The highest BCUT2D eigenvalue weighted by Gasteiger charge is 1.98. The molecule has 0 aliphatic rings. The molecular weight excluding hydrogens is 172 g/mol. The minimum absolute atomic E-state index is 0.391. The zero-order valence-electron chi connectivity index (χ0n) is 7.50. The predicted molar refractivity (Wildman–Crippen MR) is 50.6 cm³/mol. The summed E-state index contributed by atoms with van der Waals surface area (Å²) in [5.74, 6) is -0.391. The summed E-state index contributed by atoms with van der Waals surface area (Å²) in [5, 5.41) is 0. The topological polar surface area (TPSA) is 35.5 Å². The minimum Gasteiger partial charge on any atom is -0.431 e. The van der Waals surface area contributed by atoms with Gasteiger partial charge in [0.05, 0.1) is 6.26 Å². The fourth-order valence-electron chi connectivity index (χ4n) is 0.464. The first-order chi connectivity index (χ1) is 5.68. The molecule has 0 bridgehead atoms. The van der Waals surface area contributed by atoms with Gasteiger partial charge in [0, 0.05) is 12.2 Å². The molecule has 68 valence electrons. The van der Waals surface area contributed by atoms with Gasteiger partial charge in [-0.25, -0.2) is 4.79 Å². The normalized spacial score (nSPS) is 10.4. The summed E-state index contributed by atoms with van der Waals surface area (Å²) in [5.41, 5.74) is 0.402. The quantitative estimate of drug-likeness (QED) is 0.204. The van der Waals surface area contributed by atoms with Gasteiger partial charge in [-0.15, -0.1) is 0 Å². The number of rotatable bonds is 5. The average Bonchev–Trinajstić information content (AvgIpc) is 2.03. The van der Waals surface area contributed by atoms with E-state index in [2.05, 4.69) is 11.3 Å². The van der Waals surface area contributed by atoms with Crippen LogP contribution in [0.1, 0.15) is 13.3 Å². The molecule has 0 N–H and O–H groups in total. The van der Waals surface area contributed by atoms with Crippen LogP contribution < -0.4 is 0 Å². The molecule has 3 nitrogen and oxygen atoms in total. The Hall–Kier alpha value is -0.873. The molecule has 4 heteroatoms. The second-order valence-electron chi connectivity index (χ2n) is 2.34. The summed E-state index contributed by atoms with van der Waals surface area (Å²) in [6, 6.07) is 0. The summed E-state index contributed by atoms with van der Waals surface area (Å²) < 4.78 is 9.61. The van der Waals surface area contributed by atoms with Gasteiger partial charge in [-0.3, -0.25) is 0 Å². The molecule has 0 radical (unpaired) electrons. The van der Waals surface area contributed by atoms with Crippen LogP contribution in [0.15, 0.2) is 24.5 Å². The van der Waals surface area contributed by atoms with E-state index in [0.717, 1.165) is 16.9 Å². The summed E-state index contributed by atoms with van der Waals surface area (Å²) in [6.07, 6.45) is 3.89. The largest absolute Gasteiger partial charge is 0.431 e. The van der Waals surface area contributed by atoms with Crippen molar-refractivity contribution >= 4 is 16.5 Å². The monoisotopic (exact) mass is 186 g/mol. The van der Waals surface area contributed by atoms with Gasteiger partial charge < -0.3 is 9.16 Å². The fraction of sp³-hybridized carbons (Fsp3) is 0.375. The summed E-state index contributed by atoms with van der Waals surface area (Å²) in [7, 11) is 0.745. The van der Waals surface area contributed by atoms with Crippen LogP contribution >= 0.6 is 0 Å². The van der Waals surface area contributed by atoms with E-state index in [4.69, 9.17) is 4.43 Å². The number of esters is 1. The van der Waals surface area contributed by atoms with Gasteiger partial charge in [-0.1, -0.05) is 6.58 Å². The first kappa shape index (κ1) is 11.1. The fourth-order valence-corrected chi connectivity index (χ4v) is 0.700. The van der Waals surface area contributed by atoms with Crippen molar-refractivity contribution in [1.29, 1.82) is 0 Å². The van der Waals surface area contributed by atoms with Crippen molar-refractivity contribution < 1.29 is 14.0 Å². The predicted octanol–water partition coefficient (Wildman–Crippen LogP) is 0.306. The first-order valence-corrected chi connectivity index (χ1v) is 4.50. The van der Waals surface area contributed by atoms with E-state index in [1.54, 1.807) is 13.0 Å². The Morgan fingerprint density at radius 2 is 2.33 bits per heavy atom. The van der Waals surface area contributed by atoms with Crippen molar-refractivity contribution in [1.82, 2.24) is 0 Å². The third-order valence-corrected chi connectivity index (χ3v) is 1.52. The lowest BCUT2D eigenvalue weighted by atomic mass is 10.4. The van der Waals surface area contributed by atoms with Crippen LogP contribution in [-0.2, 0) is 14.0 Å². The van der Waals surface area contributed by atoms with E-state index in [-0.39, 0.29) is 0 Å². The number of ether oxygens (including phenoxy) is 1. The van der Waals surface area contributed by atoms with Crippen molar-refractivity contribution in [2.45, 2.75) is 13.3 Å². The minimum atomic E-state index is -0.391. The molecule has 0 spiro atoms. The van der Waals surface area contributed by atoms with Gasteiger partial charge in [0.15, 0.2) is 0 Å². The number of hydrogen-bond donors (Lipinski definition) is 0. The molecule has 0 aromatic rings. The van der Waals surface area contributed by atoms with Crippen LogP contribution in [-0.4, -0.2) is 23.1 Å². The van der Waals surface area contributed by atoms with E-state index in [1.807, 2.05) is 0 Å². The lowest BCUT2D eigenvalue weighted by Crippen LogP contribution is -1.99. The maximum atomic E-state index is 10.8. The van der Waals surface area contributed by atoms with Gasteiger partial charge in [0.2, 0.25) is 0 Å². The molecule has 0 aliphatic carbocycles. The zero-order valence-corrected chi connectivity index (χ0v) is 9.50. The summed E-state index contributed by atoms with van der Waals surface area (Å²) in [6.45, 7) is 5.74. The molecule has 0 aliphatic heterocycles. The Bertz CT molecular complexity index is 187. The van der Waals surface area contributed by atoms with Crippen molar-refractivity contribution in [3.05, 3.63) is 24.5 Å². The molecule has 0 aromatic carbocycles. The average molecular weight is 186 g/mol. The van der Waals surface area contributed by atoms with E-state index in [1.165, 1.54) is 6.26 Å². The molecule has 0 amide bonds. The maximum Gasteiger partial charge on any atom is 0.337 e. The molecule has 0 atom stereocenters. The van der Waals surface area contributed by atoms with Gasteiger partial charge in [-0.2, -0.15) is 0 Å². The first-order valence-electron chi connectivity index (χ1n) is 3.69. The van der Waals surface area contributed by atoms with E-state index < -0.39 is 5.97 Å². The zero-order chi connectivity index (χ0) is 9.40. The molecule has 0 unspecified atom stereocenters. The van der Waals surface area contributed by atoms with Crippen molar-refractivity contribution in [2.24, 2.45) is 0 Å². The molecule has 0 saturated heterocycles. The van der Waals surface area contributed by atoms with Crippen LogP contribution in [0.3, 0.4) is 0 Å². The molecule has 0 heterocycles. The van der Waals surface area contributed by atoms with Crippen LogP contribution in [0.25, 0.3) is 0 Å². The number of carbonyl (C=O) groups is 1. The van der Waals surface area contributed by atoms with Crippen LogP contribution in [0, 0.1) is 0 Å². The molecule has 0 saturated carbocycles. The van der Waals surface area contributed by atoms with Gasteiger partial charge >= 0.3 is 5.97 Å². The molecule has 0 aromatic heterocycles. The molecule has 0 rings (SSSR count). The summed E-state index contributed by atoms with van der Waals surface area (Å²) in [4.78, 5) is 10.8. The number of carbonyl (C=O) groups excluding carboxylic acids is 1.